The van der Waals surface area contributed by atoms with Gasteiger partial charge in [0.15, 0.2) is 0 Å². The van der Waals surface area contributed by atoms with Crippen LogP contribution in [0.4, 0.5) is 17.1 Å². The Labute approximate surface area is 186 Å². The average molecular weight is 432 g/mol. The van der Waals surface area contributed by atoms with Gasteiger partial charge in [0.25, 0.3) is 11.8 Å². The number of anilines is 3. The molecule has 0 fully saturated rings. The fourth-order valence-electron chi connectivity index (χ4n) is 2.76. The third-order valence-electron chi connectivity index (χ3n) is 4.57. The number of nitrogens with zero attached hydrogens (tertiary/aromatic N) is 1. The summed E-state index contributed by atoms with van der Waals surface area (Å²) in [7, 11) is 1.48. The Morgan fingerprint density at radius 3 is 2.16 bits per heavy atom. The second-order valence-electron chi connectivity index (χ2n) is 7.29. The smallest absolute Gasteiger partial charge is 0.257 e. The number of rotatable bonds is 7. The summed E-state index contributed by atoms with van der Waals surface area (Å²) >= 11 is 0. The van der Waals surface area contributed by atoms with Gasteiger partial charge in [-0.15, -0.1) is 0 Å². The summed E-state index contributed by atoms with van der Waals surface area (Å²) in [4.78, 5) is 40.7. The van der Waals surface area contributed by atoms with Gasteiger partial charge < -0.3 is 20.7 Å². The van der Waals surface area contributed by atoms with E-state index in [0.717, 1.165) is 0 Å². The maximum Gasteiger partial charge on any atom is 0.257 e. The van der Waals surface area contributed by atoms with Gasteiger partial charge in [0.05, 0.1) is 18.4 Å². The second kappa shape index (κ2) is 10.2. The van der Waals surface area contributed by atoms with E-state index in [9.17, 15) is 14.4 Å². The van der Waals surface area contributed by atoms with Crippen molar-refractivity contribution in [3.05, 3.63) is 78.1 Å². The predicted octanol–water partition coefficient (Wildman–Crippen LogP) is 4.19. The van der Waals surface area contributed by atoms with Crippen molar-refractivity contribution >= 4 is 34.8 Å². The molecule has 0 aliphatic heterocycles. The Bertz CT molecular complexity index is 1110. The average Bonchev–Trinajstić information content (AvgIpc) is 2.80. The van der Waals surface area contributed by atoms with E-state index >= 15 is 0 Å². The van der Waals surface area contributed by atoms with Gasteiger partial charge in [-0.1, -0.05) is 13.8 Å². The maximum atomic E-state index is 12.6. The zero-order chi connectivity index (χ0) is 23.1. The molecule has 0 aliphatic carbocycles. The number of amides is 3. The molecule has 0 unspecified atom stereocenters. The first-order chi connectivity index (χ1) is 15.4. The lowest BCUT2D eigenvalue weighted by atomic mass is 10.1. The van der Waals surface area contributed by atoms with Crippen molar-refractivity contribution in [2.75, 3.05) is 23.1 Å². The van der Waals surface area contributed by atoms with Crippen molar-refractivity contribution in [2.24, 2.45) is 5.92 Å². The van der Waals surface area contributed by atoms with Crippen molar-refractivity contribution in [3.8, 4) is 5.75 Å². The number of hydrogen-bond acceptors (Lipinski definition) is 5. The van der Waals surface area contributed by atoms with E-state index in [2.05, 4.69) is 20.9 Å². The molecule has 3 N–H and O–H groups in total. The highest BCUT2D eigenvalue weighted by atomic mass is 16.5. The van der Waals surface area contributed by atoms with Crippen molar-refractivity contribution in [3.63, 3.8) is 0 Å². The fourth-order valence-corrected chi connectivity index (χ4v) is 2.76. The Morgan fingerprint density at radius 2 is 1.53 bits per heavy atom. The highest BCUT2D eigenvalue weighted by Gasteiger charge is 2.13. The van der Waals surface area contributed by atoms with E-state index in [0.29, 0.717) is 33.9 Å². The topological polar surface area (TPSA) is 109 Å². The lowest BCUT2D eigenvalue weighted by molar-refractivity contribution is -0.118. The van der Waals surface area contributed by atoms with Crippen molar-refractivity contribution < 1.29 is 19.1 Å². The Balaban J connectivity index is 1.67. The molecule has 0 saturated heterocycles. The maximum absolute atomic E-state index is 12.6. The van der Waals surface area contributed by atoms with Crippen LogP contribution < -0.4 is 20.7 Å². The normalized spacial score (nSPS) is 10.4. The summed E-state index contributed by atoms with van der Waals surface area (Å²) in [5, 5.41) is 8.34. The van der Waals surface area contributed by atoms with E-state index < -0.39 is 0 Å². The number of nitrogens with one attached hydrogen (secondary N) is 3. The van der Waals surface area contributed by atoms with Crippen molar-refractivity contribution in [1.82, 2.24) is 4.98 Å². The van der Waals surface area contributed by atoms with Crippen LogP contribution in [0.15, 0.2) is 67.0 Å². The number of hydrogen-bond donors (Lipinski definition) is 3. The molecule has 164 valence electrons. The first-order valence-electron chi connectivity index (χ1n) is 9.99. The summed E-state index contributed by atoms with van der Waals surface area (Å²) in [6.07, 6.45) is 3.06. The van der Waals surface area contributed by atoms with E-state index in [1.165, 1.54) is 13.3 Å². The second-order valence-corrected chi connectivity index (χ2v) is 7.29. The van der Waals surface area contributed by atoms with Gasteiger partial charge in [-0.25, -0.2) is 0 Å². The highest BCUT2D eigenvalue weighted by molar-refractivity contribution is 6.06. The number of carbonyl (C=O) groups excluding carboxylic acids is 3. The van der Waals surface area contributed by atoms with Crippen molar-refractivity contribution in [1.29, 1.82) is 0 Å². The third kappa shape index (κ3) is 5.69. The molecule has 1 aromatic heterocycles. The summed E-state index contributed by atoms with van der Waals surface area (Å²) in [6.45, 7) is 3.61. The van der Waals surface area contributed by atoms with Gasteiger partial charge in [0, 0.05) is 41.3 Å². The molecule has 8 heteroatoms. The predicted molar refractivity (Wildman–Crippen MR) is 123 cm³/mol. The molecule has 3 amide bonds. The van der Waals surface area contributed by atoms with Gasteiger partial charge in [-0.3, -0.25) is 19.4 Å². The molecule has 0 aliphatic rings. The molecule has 3 rings (SSSR count). The highest BCUT2D eigenvalue weighted by Crippen LogP contribution is 2.28. The Morgan fingerprint density at radius 1 is 0.844 bits per heavy atom. The van der Waals surface area contributed by atoms with Crippen LogP contribution in [0.25, 0.3) is 0 Å². The third-order valence-corrected chi connectivity index (χ3v) is 4.57. The molecule has 1 heterocycles. The SMILES string of the molecule is COc1cc(NC(=O)c2ccc(NC(=O)C(C)C)cc2)ccc1NC(=O)c1cccnc1. The van der Waals surface area contributed by atoms with Crippen LogP contribution in [0.3, 0.4) is 0 Å². The minimum absolute atomic E-state index is 0.0926. The molecule has 8 nitrogen and oxygen atoms in total. The number of benzene rings is 2. The summed E-state index contributed by atoms with van der Waals surface area (Å²) < 4.78 is 5.36. The molecular weight excluding hydrogens is 408 g/mol. The van der Waals surface area contributed by atoms with Crippen LogP contribution in [0.1, 0.15) is 34.6 Å². The van der Waals surface area contributed by atoms with E-state index in [1.54, 1.807) is 74.6 Å². The first kappa shape index (κ1) is 22.5. The van der Waals surface area contributed by atoms with Crippen LogP contribution in [-0.4, -0.2) is 29.8 Å². The number of aromatic nitrogens is 1. The molecule has 0 atom stereocenters. The molecule has 0 spiro atoms. The Kier molecular flexibility index (Phi) is 7.17. The van der Waals surface area contributed by atoms with Gasteiger partial charge in [0.1, 0.15) is 5.75 Å². The van der Waals surface area contributed by atoms with E-state index in [1.807, 2.05) is 0 Å². The van der Waals surface area contributed by atoms with E-state index in [4.69, 9.17) is 4.74 Å². The van der Waals surface area contributed by atoms with Crippen LogP contribution in [-0.2, 0) is 4.79 Å². The lowest BCUT2D eigenvalue weighted by Crippen LogP contribution is -2.18. The standard InChI is InChI=1S/C24H24N4O4/c1-15(2)22(29)26-18-8-6-16(7-9-18)23(30)27-19-10-11-20(21(13-19)32-3)28-24(31)17-5-4-12-25-14-17/h4-15H,1-3H3,(H,26,29)(H,27,30)(H,28,31). The first-order valence-corrected chi connectivity index (χ1v) is 9.99. The van der Waals surface area contributed by atoms with Crippen LogP contribution in [0, 0.1) is 5.92 Å². The fraction of sp³-hybridized carbons (Fsp3) is 0.167. The summed E-state index contributed by atoms with van der Waals surface area (Å²) in [6, 6.07) is 14.9. The zero-order valence-corrected chi connectivity index (χ0v) is 18.0. The molecular formula is C24H24N4O4. The minimum Gasteiger partial charge on any atom is -0.494 e. The van der Waals surface area contributed by atoms with E-state index in [-0.39, 0.29) is 23.6 Å². The van der Waals surface area contributed by atoms with Crippen LogP contribution in [0.5, 0.6) is 5.75 Å². The number of carbonyl (C=O) groups is 3. The number of methoxy groups -OCH3 is 1. The molecule has 0 bridgehead atoms. The van der Waals surface area contributed by atoms with Crippen molar-refractivity contribution in [2.45, 2.75) is 13.8 Å². The molecule has 3 aromatic rings. The van der Waals surface area contributed by atoms with Gasteiger partial charge >= 0.3 is 0 Å². The largest absolute Gasteiger partial charge is 0.494 e. The zero-order valence-electron chi connectivity index (χ0n) is 18.0. The van der Waals surface area contributed by atoms with Gasteiger partial charge in [-0.2, -0.15) is 0 Å². The van der Waals surface area contributed by atoms with Crippen LogP contribution >= 0.6 is 0 Å². The minimum atomic E-state index is -0.321. The van der Waals surface area contributed by atoms with Crippen LogP contribution in [0.2, 0.25) is 0 Å². The molecule has 2 aromatic carbocycles. The summed E-state index contributed by atoms with van der Waals surface area (Å²) in [5.41, 5.74) is 2.43. The Hall–Kier alpha value is -4.20. The van der Waals surface area contributed by atoms with Gasteiger partial charge in [0.2, 0.25) is 5.91 Å². The summed E-state index contributed by atoms with van der Waals surface area (Å²) in [5.74, 6) is -0.472. The quantitative estimate of drug-likeness (QED) is 0.519. The molecule has 0 saturated carbocycles. The monoisotopic (exact) mass is 432 g/mol. The van der Waals surface area contributed by atoms with Gasteiger partial charge in [-0.05, 0) is 48.5 Å². The number of ether oxygens (including phenoxy) is 1. The molecule has 0 radical (unpaired) electrons. The lowest BCUT2D eigenvalue weighted by Gasteiger charge is -2.13. The number of pyridine rings is 1. The molecule has 32 heavy (non-hydrogen) atoms.